The highest BCUT2D eigenvalue weighted by molar-refractivity contribution is 7.18. The number of rotatable bonds is 6. The molecule has 1 aromatic heterocycles. The Balaban J connectivity index is 2.45. The van der Waals surface area contributed by atoms with Crippen molar-refractivity contribution in [2.75, 3.05) is 12.4 Å². The smallest absolute Gasteiger partial charge is 0.341 e. The van der Waals surface area contributed by atoms with Gasteiger partial charge in [-0.1, -0.05) is 18.2 Å². The van der Waals surface area contributed by atoms with E-state index in [0.29, 0.717) is 21.0 Å². The number of para-hydroxylation sites is 1. The van der Waals surface area contributed by atoms with Crippen molar-refractivity contribution in [3.63, 3.8) is 0 Å². The van der Waals surface area contributed by atoms with Crippen LogP contribution in [-0.2, 0) is 14.3 Å². The third kappa shape index (κ3) is 5.40. The minimum Gasteiger partial charge on any atom is -0.469 e. The Hall–Kier alpha value is -2.67. The summed E-state index contributed by atoms with van der Waals surface area (Å²) >= 11 is 1.13. The predicted octanol–water partition coefficient (Wildman–Crippen LogP) is 4.50. The summed E-state index contributed by atoms with van der Waals surface area (Å²) in [6, 6.07) is 9.30. The molecule has 144 valence electrons. The number of ether oxygens (including phenoxy) is 2. The largest absolute Gasteiger partial charge is 0.469 e. The molecular weight excluding hydrogens is 366 g/mol. The first-order valence-electron chi connectivity index (χ1n) is 8.41. The SMILES string of the molecule is COC(=O)CC(=O)c1sc(Nc2ccccc2)c(C(=O)OC(C)(C)C)c1C. The van der Waals surface area contributed by atoms with Gasteiger partial charge in [0, 0.05) is 5.69 Å². The molecule has 0 spiro atoms. The van der Waals surface area contributed by atoms with Gasteiger partial charge in [-0.05, 0) is 45.4 Å². The van der Waals surface area contributed by atoms with Crippen LogP contribution in [0, 0.1) is 6.92 Å². The maximum Gasteiger partial charge on any atom is 0.341 e. The lowest BCUT2D eigenvalue weighted by Crippen LogP contribution is -2.24. The normalized spacial score (nSPS) is 11.0. The first kappa shape index (κ1) is 20.6. The number of benzene rings is 1. The van der Waals surface area contributed by atoms with Crippen LogP contribution in [0.15, 0.2) is 30.3 Å². The van der Waals surface area contributed by atoms with Gasteiger partial charge in [0.05, 0.1) is 17.6 Å². The number of Topliss-reactive ketones (excluding diaryl/α,β-unsaturated/α-hetero) is 1. The van der Waals surface area contributed by atoms with Crippen LogP contribution >= 0.6 is 11.3 Å². The van der Waals surface area contributed by atoms with Crippen molar-refractivity contribution < 1.29 is 23.9 Å². The molecule has 1 aromatic carbocycles. The zero-order valence-electron chi connectivity index (χ0n) is 16.0. The number of methoxy groups -OCH3 is 1. The van der Waals surface area contributed by atoms with Crippen LogP contribution in [0.1, 0.15) is 52.8 Å². The maximum atomic E-state index is 12.7. The second kappa shape index (κ2) is 8.35. The Bertz CT molecular complexity index is 849. The van der Waals surface area contributed by atoms with Crippen molar-refractivity contribution in [1.29, 1.82) is 0 Å². The minimum absolute atomic E-state index is 0.298. The summed E-state index contributed by atoms with van der Waals surface area (Å²) in [5.41, 5.74) is 0.884. The van der Waals surface area contributed by atoms with Gasteiger partial charge in [-0.3, -0.25) is 9.59 Å². The molecule has 0 saturated heterocycles. The average molecular weight is 389 g/mol. The van der Waals surface area contributed by atoms with Crippen LogP contribution < -0.4 is 5.32 Å². The van der Waals surface area contributed by atoms with Gasteiger partial charge in [0.15, 0.2) is 5.78 Å². The van der Waals surface area contributed by atoms with E-state index in [1.54, 1.807) is 27.7 Å². The fourth-order valence-corrected chi connectivity index (χ4v) is 3.53. The van der Waals surface area contributed by atoms with Gasteiger partial charge in [-0.25, -0.2) is 4.79 Å². The van der Waals surface area contributed by atoms with E-state index in [-0.39, 0.29) is 6.42 Å². The van der Waals surface area contributed by atoms with E-state index in [4.69, 9.17) is 4.74 Å². The van der Waals surface area contributed by atoms with E-state index in [1.807, 2.05) is 30.3 Å². The number of ketones is 1. The highest BCUT2D eigenvalue weighted by atomic mass is 32.1. The number of carbonyl (C=O) groups is 3. The summed E-state index contributed by atoms with van der Waals surface area (Å²) in [6.45, 7) is 7.01. The lowest BCUT2D eigenvalue weighted by atomic mass is 10.1. The van der Waals surface area contributed by atoms with Crippen molar-refractivity contribution in [2.45, 2.75) is 39.7 Å². The van der Waals surface area contributed by atoms with Gasteiger partial charge in [-0.15, -0.1) is 11.3 Å². The zero-order valence-corrected chi connectivity index (χ0v) is 16.9. The second-order valence-electron chi connectivity index (χ2n) is 6.93. The zero-order chi connectivity index (χ0) is 20.2. The van der Waals surface area contributed by atoms with Gasteiger partial charge < -0.3 is 14.8 Å². The van der Waals surface area contributed by atoms with E-state index in [9.17, 15) is 14.4 Å². The molecule has 0 fully saturated rings. The molecule has 0 bridgehead atoms. The minimum atomic E-state index is -0.675. The van der Waals surface area contributed by atoms with E-state index < -0.39 is 23.3 Å². The third-order valence-corrected chi connectivity index (χ3v) is 4.82. The molecule has 2 rings (SSSR count). The monoisotopic (exact) mass is 389 g/mol. The molecule has 0 aliphatic heterocycles. The molecule has 0 aliphatic rings. The van der Waals surface area contributed by atoms with E-state index in [2.05, 4.69) is 10.1 Å². The van der Waals surface area contributed by atoms with Crippen LogP contribution in [-0.4, -0.2) is 30.4 Å². The lowest BCUT2D eigenvalue weighted by molar-refractivity contribution is -0.139. The van der Waals surface area contributed by atoms with Crippen molar-refractivity contribution in [3.8, 4) is 0 Å². The van der Waals surface area contributed by atoms with Gasteiger partial charge in [0.2, 0.25) is 0 Å². The van der Waals surface area contributed by atoms with Crippen molar-refractivity contribution in [2.24, 2.45) is 0 Å². The predicted molar refractivity (Wildman–Crippen MR) is 105 cm³/mol. The summed E-state index contributed by atoms with van der Waals surface area (Å²) in [7, 11) is 1.23. The average Bonchev–Trinajstić information content (AvgIpc) is 2.90. The summed E-state index contributed by atoms with van der Waals surface area (Å²) < 4.78 is 10.1. The number of hydrogen-bond donors (Lipinski definition) is 1. The van der Waals surface area contributed by atoms with Crippen molar-refractivity contribution in [3.05, 3.63) is 46.3 Å². The van der Waals surface area contributed by atoms with Gasteiger partial charge in [0.1, 0.15) is 17.0 Å². The Kier molecular flexibility index (Phi) is 6.38. The molecule has 1 heterocycles. The molecule has 2 aromatic rings. The quantitative estimate of drug-likeness (QED) is 0.445. The van der Waals surface area contributed by atoms with E-state index in [0.717, 1.165) is 17.0 Å². The van der Waals surface area contributed by atoms with Crippen LogP contribution in [0.3, 0.4) is 0 Å². The number of esters is 2. The van der Waals surface area contributed by atoms with Gasteiger partial charge in [0.25, 0.3) is 0 Å². The van der Waals surface area contributed by atoms with Crippen LogP contribution in [0.25, 0.3) is 0 Å². The Morgan fingerprint density at radius 3 is 2.30 bits per heavy atom. The van der Waals surface area contributed by atoms with E-state index >= 15 is 0 Å². The number of carbonyl (C=O) groups excluding carboxylic acids is 3. The fourth-order valence-electron chi connectivity index (χ4n) is 2.38. The molecule has 0 aliphatic carbocycles. The summed E-state index contributed by atoms with van der Waals surface area (Å²) in [5, 5.41) is 3.67. The lowest BCUT2D eigenvalue weighted by Gasteiger charge is -2.20. The standard InChI is InChI=1S/C20H23NO5S/c1-12-16(19(24)26-20(2,3)4)18(21-13-9-7-6-8-10-13)27-17(12)14(22)11-15(23)25-5/h6-10,21H,11H2,1-5H3. The fraction of sp³-hybridized carbons (Fsp3) is 0.350. The number of nitrogens with one attached hydrogen (secondary N) is 1. The molecule has 0 radical (unpaired) electrons. The van der Waals surface area contributed by atoms with Crippen molar-refractivity contribution in [1.82, 2.24) is 0 Å². The number of hydrogen-bond acceptors (Lipinski definition) is 7. The molecular formula is C20H23NO5S. The van der Waals surface area contributed by atoms with Gasteiger partial charge >= 0.3 is 11.9 Å². The van der Waals surface area contributed by atoms with Crippen molar-refractivity contribution >= 4 is 39.7 Å². The summed E-state index contributed by atoms with van der Waals surface area (Å²) in [5.74, 6) is -1.54. The maximum absolute atomic E-state index is 12.7. The van der Waals surface area contributed by atoms with Gasteiger partial charge in [-0.2, -0.15) is 0 Å². The third-order valence-electron chi connectivity index (χ3n) is 3.57. The molecule has 27 heavy (non-hydrogen) atoms. The molecule has 1 N–H and O–H groups in total. The molecule has 7 heteroatoms. The van der Waals surface area contributed by atoms with Crippen LogP contribution in [0.2, 0.25) is 0 Å². The molecule has 6 nitrogen and oxygen atoms in total. The number of anilines is 2. The number of thiophene rings is 1. The first-order chi connectivity index (χ1) is 12.6. The second-order valence-corrected chi connectivity index (χ2v) is 7.95. The molecule has 0 unspecified atom stereocenters. The molecule has 0 amide bonds. The highest BCUT2D eigenvalue weighted by Gasteiger charge is 2.29. The van der Waals surface area contributed by atoms with E-state index in [1.165, 1.54) is 7.11 Å². The summed E-state index contributed by atoms with van der Waals surface area (Å²) in [6.07, 6.45) is -0.379. The Labute approximate surface area is 162 Å². The Morgan fingerprint density at radius 1 is 1.11 bits per heavy atom. The molecule has 0 atom stereocenters. The highest BCUT2D eigenvalue weighted by Crippen LogP contribution is 2.37. The Morgan fingerprint density at radius 2 is 1.74 bits per heavy atom. The van der Waals surface area contributed by atoms with Crippen LogP contribution in [0.4, 0.5) is 10.7 Å². The summed E-state index contributed by atoms with van der Waals surface area (Å²) in [4.78, 5) is 37.0. The first-order valence-corrected chi connectivity index (χ1v) is 9.23. The van der Waals surface area contributed by atoms with Crippen LogP contribution in [0.5, 0.6) is 0 Å². The molecule has 0 saturated carbocycles. The topological polar surface area (TPSA) is 81.7 Å².